The van der Waals surface area contributed by atoms with Gasteiger partial charge < -0.3 is 14.6 Å². The Labute approximate surface area is 183 Å². The quantitative estimate of drug-likeness (QED) is 0.372. The first-order valence-electron chi connectivity index (χ1n) is 10.1. The molecule has 0 spiro atoms. The van der Waals surface area contributed by atoms with Crippen molar-refractivity contribution in [1.29, 1.82) is 0 Å². The monoisotopic (exact) mass is 434 g/mol. The Morgan fingerprint density at radius 1 is 1.10 bits per heavy atom. The normalized spacial score (nSPS) is 16.3. The molecular formula is C24H22N2O2S2. The summed E-state index contributed by atoms with van der Waals surface area (Å²) >= 11 is 3.47. The average Bonchev–Trinajstić information content (AvgIpc) is 3.52. The number of carbonyl (C=O) groups is 1. The first kappa shape index (κ1) is 19.3. The summed E-state index contributed by atoms with van der Waals surface area (Å²) in [6, 6.07) is 22.5. The highest BCUT2D eigenvalue weighted by Crippen LogP contribution is 2.34. The van der Waals surface area contributed by atoms with E-state index in [1.54, 1.807) is 23.1 Å². The highest BCUT2D eigenvalue weighted by atomic mass is 32.2. The molecule has 2 aromatic carbocycles. The number of para-hydroxylation sites is 2. The van der Waals surface area contributed by atoms with Gasteiger partial charge in [0.15, 0.2) is 5.76 Å². The second-order valence-electron chi connectivity index (χ2n) is 7.37. The van der Waals surface area contributed by atoms with Crippen LogP contribution in [0, 0.1) is 0 Å². The molecule has 0 radical (unpaired) electrons. The largest absolute Gasteiger partial charge is 0.451 e. The van der Waals surface area contributed by atoms with Crippen LogP contribution in [-0.4, -0.2) is 29.9 Å². The first-order chi connectivity index (χ1) is 14.8. The molecular weight excluding hydrogens is 412 g/mol. The number of hydrogen-bond acceptors (Lipinski definition) is 5. The van der Waals surface area contributed by atoms with Gasteiger partial charge in [-0.1, -0.05) is 42.5 Å². The molecule has 0 saturated carbocycles. The fraction of sp³-hybridized carbons (Fsp3) is 0.208. The van der Waals surface area contributed by atoms with Crippen molar-refractivity contribution >= 4 is 45.7 Å². The predicted octanol–water partition coefficient (Wildman–Crippen LogP) is 6.11. The van der Waals surface area contributed by atoms with Crippen molar-refractivity contribution in [2.24, 2.45) is 0 Å². The van der Waals surface area contributed by atoms with E-state index in [4.69, 9.17) is 4.42 Å². The number of anilines is 1. The number of rotatable bonds is 6. The summed E-state index contributed by atoms with van der Waals surface area (Å²) in [5, 5.41) is 6.64. The third kappa shape index (κ3) is 3.98. The van der Waals surface area contributed by atoms with Gasteiger partial charge in [0.2, 0.25) is 0 Å². The van der Waals surface area contributed by atoms with Gasteiger partial charge in [-0.2, -0.15) is 0 Å². The molecule has 4 aromatic rings. The summed E-state index contributed by atoms with van der Waals surface area (Å²) in [7, 11) is 0. The van der Waals surface area contributed by atoms with E-state index < -0.39 is 0 Å². The van der Waals surface area contributed by atoms with Crippen molar-refractivity contribution in [2.75, 3.05) is 18.4 Å². The lowest BCUT2D eigenvalue weighted by Gasteiger charge is -2.17. The molecule has 2 aromatic heterocycles. The zero-order valence-corrected chi connectivity index (χ0v) is 18.0. The van der Waals surface area contributed by atoms with Crippen LogP contribution in [0.2, 0.25) is 0 Å². The molecule has 3 heterocycles. The summed E-state index contributed by atoms with van der Waals surface area (Å²) in [6.45, 7) is 1.42. The van der Waals surface area contributed by atoms with E-state index in [1.165, 1.54) is 4.21 Å². The van der Waals surface area contributed by atoms with Gasteiger partial charge in [-0.3, -0.25) is 4.79 Å². The van der Waals surface area contributed by atoms with Crippen LogP contribution in [0.4, 0.5) is 5.69 Å². The number of likely N-dealkylation sites (tertiary alicyclic amines) is 1. The minimum atomic E-state index is -0.00894. The van der Waals surface area contributed by atoms with Crippen molar-refractivity contribution in [1.82, 2.24) is 4.90 Å². The fourth-order valence-corrected chi connectivity index (χ4v) is 5.69. The van der Waals surface area contributed by atoms with E-state index in [2.05, 4.69) is 35.0 Å². The lowest BCUT2D eigenvalue weighted by atomic mass is 10.1. The Morgan fingerprint density at radius 2 is 1.93 bits per heavy atom. The number of furan rings is 1. The Bertz CT molecular complexity index is 1140. The Kier molecular flexibility index (Phi) is 5.51. The van der Waals surface area contributed by atoms with Crippen LogP contribution in [0.5, 0.6) is 0 Å². The van der Waals surface area contributed by atoms with Gasteiger partial charge in [-0.25, -0.2) is 0 Å². The van der Waals surface area contributed by atoms with E-state index in [1.807, 2.05) is 47.4 Å². The predicted molar refractivity (Wildman–Crippen MR) is 124 cm³/mol. The Morgan fingerprint density at radius 3 is 2.77 bits per heavy atom. The second-order valence-corrected chi connectivity index (χ2v) is 9.60. The van der Waals surface area contributed by atoms with Gasteiger partial charge in [0.05, 0.1) is 4.21 Å². The third-order valence-electron chi connectivity index (χ3n) is 5.37. The van der Waals surface area contributed by atoms with Gasteiger partial charge in [0.1, 0.15) is 5.58 Å². The van der Waals surface area contributed by atoms with Gasteiger partial charge in [-0.05, 0) is 36.1 Å². The molecule has 4 nitrogen and oxygen atoms in total. The fourth-order valence-electron chi connectivity index (χ4n) is 3.88. The summed E-state index contributed by atoms with van der Waals surface area (Å²) in [5.41, 5.74) is 2.86. The lowest BCUT2D eigenvalue weighted by molar-refractivity contribution is 0.0761. The molecule has 1 aliphatic rings. The first-order valence-corrected chi connectivity index (χ1v) is 11.9. The highest BCUT2D eigenvalue weighted by Gasteiger charge is 2.31. The molecule has 6 heteroatoms. The van der Waals surface area contributed by atoms with Gasteiger partial charge in [0, 0.05) is 41.5 Å². The highest BCUT2D eigenvalue weighted by molar-refractivity contribution is 8.00. The van der Waals surface area contributed by atoms with Crippen LogP contribution in [0.3, 0.4) is 0 Å². The summed E-state index contributed by atoms with van der Waals surface area (Å²) < 4.78 is 7.32. The van der Waals surface area contributed by atoms with Crippen molar-refractivity contribution in [3.8, 4) is 0 Å². The molecule has 1 fully saturated rings. The number of nitrogens with zero attached hydrogens (tertiary/aromatic N) is 1. The molecule has 152 valence electrons. The van der Waals surface area contributed by atoms with Crippen molar-refractivity contribution in [3.63, 3.8) is 0 Å². The van der Waals surface area contributed by atoms with Crippen molar-refractivity contribution in [2.45, 2.75) is 22.4 Å². The zero-order valence-electron chi connectivity index (χ0n) is 16.4. The maximum Gasteiger partial charge on any atom is 0.290 e. The topological polar surface area (TPSA) is 45.5 Å². The number of benzene rings is 2. The number of hydrogen-bond donors (Lipinski definition) is 1. The molecule has 0 bridgehead atoms. The average molecular weight is 435 g/mol. The van der Waals surface area contributed by atoms with Crippen LogP contribution < -0.4 is 5.32 Å². The summed E-state index contributed by atoms with van der Waals surface area (Å²) in [6.07, 6.45) is 0.931. The van der Waals surface area contributed by atoms with E-state index in [0.29, 0.717) is 12.3 Å². The van der Waals surface area contributed by atoms with Gasteiger partial charge >= 0.3 is 0 Å². The molecule has 1 atom stereocenters. The number of nitrogens with one attached hydrogen (secondary N) is 1. The molecule has 1 amide bonds. The van der Waals surface area contributed by atoms with E-state index in [0.717, 1.165) is 40.9 Å². The van der Waals surface area contributed by atoms with Crippen LogP contribution in [0.1, 0.15) is 22.5 Å². The van der Waals surface area contributed by atoms with Crippen molar-refractivity contribution < 1.29 is 9.21 Å². The number of amides is 1. The summed E-state index contributed by atoms with van der Waals surface area (Å²) in [5.74, 6) is 1.20. The van der Waals surface area contributed by atoms with Crippen LogP contribution in [-0.2, 0) is 5.75 Å². The third-order valence-corrected chi connectivity index (χ3v) is 7.52. The summed E-state index contributed by atoms with van der Waals surface area (Å²) in [4.78, 5) is 15.3. The van der Waals surface area contributed by atoms with Gasteiger partial charge in [-0.15, -0.1) is 23.1 Å². The van der Waals surface area contributed by atoms with E-state index >= 15 is 0 Å². The SMILES string of the molecule is O=C(c1oc2ccccc2c1CSc1cccs1)N1CCC(Nc2ccccc2)C1. The maximum atomic E-state index is 13.4. The minimum Gasteiger partial charge on any atom is -0.451 e. The molecule has 1 saturated heterocycles. The van der Waals surface area contributed by atoms with E-state index in [-0.39, 0.29) is 11.9 Å². The Hall–Kier alpha value is -2.70. The molecule has 1 unspecified atom stereocenters. The van der Waals surface area contributed by atoms with E-state index in [9.17, 15) is 4.79 Å². The molecule has 1 N–H and O–H groups in total. The zero-order chi connectivity index (χ0) is 20.3. The standard InChI is InChI=1S/C24H22N2O2S2/c27-24(26-13-12-18(15-26)25-17-7-2-1-3-8-17)23-20(16-30-22-11-6-14-29-22)19-9-4-5-10-21(19)28-23/h1-11,14,18,25H,12-13,15-16H2. The number of thioether (sulfide) groups is 1. The Balaban J connectivity index is 1.36. The van der Waals surface area contributed by atoms with Crippen LogP contribution in [0.25, 0.3) is 11.0 Å². The smallest absolute Gasteiger partial charge is 0.290 e. The molecule has 1 aliphatic heterocycles. The van der Waals surface area contributed by atoms with Gasteiger partial charge in [0.25, 0.3) is 5.91 Å². The van der Waals surface area contributed by atoms with Crippen LogP contribution >= 0.6 is 23.1 Å². The second kappa shape index (κ2) is 8.58. The lowest BCUT2D eigenvalue weighted by Crippen LogP contribution is -2.31. The molecule has 0 aliphatic carbocycles. The number of thiophene rings is 1. The minimum absolute atomic E-state index is 0.00894. The number of fused-ring (bicyclic) bond motifs is 1. The molecule has 5 rings (SSSR count). The van der Waals surface area contributed by atoms with Crippen LogP contribution in [0.15, 0.2) is 80.7 Å². The number of carbonyl (C=O) groups excluding carboxylic acids is 1. The maximum absolute atomic E-state index is 13.4. The van der Waals surface area contributed by atoms with Crippen molar-refractivity contribution in [3.05, 3.63) is 83.4 Å². The molecule has 30 heavy (non-hydrogen) atoms.